The van der Waals surface area contributed by atoms with Crippen molar-refractivity contribution in [3.05, 3.63) is 53.1 Å². The fourth-order valence-electron chi connectivity index (χ4n) is 3.35. The van der Waals surface area contributed by atoms with E-state index in [-0.39, 0.29) is 30.7 Å². The first-order chi connectivity index (χ1) is 14.6. The number of anilines is 1. The minimum Gasteiger partial charge on any atom is -0.454 e. The van der Waals surface area contributed by atoms with E-state index in [1.807, 2.05) is 6.07 Å². The molecule has 9 heteroatoms. The van der Waals surface area contributed by atoms with E-state index in [1.165, 1.54) is 11.0 Å². The molecule has 0 saturated carbocycles. The summed E-state index contributed by atoms with van der Waals surface area (Å²) in [5.41, 5.74) is 1.90. The highest BCUT2D eigenvalue weighted by molar-refractivity contribution is 6.21. The first-order valence-corrected chi connectivity index (χ1v) is 9.49. The first-order valence-electron chi connectivity index (χ1n) is 9.49. The van der Waals surface area contributed by atoms with Crippen LogP contribution in [0.1, 0.15) is 32.7 Å². The van der Waals surface area contributed by atoms with Crippen molar-refractivity contribution in [3.8, 4) is 11.5 Å². The number of benzene rings is 2. The molecule has 0 atom stereocenters. The van der Waals surface area contributed by atoms with Crippen molar-refractivity contribution < 1.29 is 28.6 Å². The van der Waals surface area contributed by atoms with Gasteiger partial charge < -0.3 is 24.8 Å². The number of nitrogens with zero attached hydrogens (tertiary/aromatic N) is 1. The quantitative estimate of drug-likeness (QED) is 0.535. The van der Waals surface area contributed by atoms with Crippen LogP contribution < -0.4 is 20.1 Å². The predicted octanol–water partition coefficient (Wildman–Crippen LogP) is 2.37. The van der Waals surface area contributed by atoms with Crippen LogP contribution in [0, 0.1) is 0 Å². The van der Waals surface area contributed by atoms with Crippen molar-refractivity contribution in [2.24, 2.45) is 0 Å². The minimum atomic E-state index is -0.429. The van der Waals surface area contributed by atoms with Gasteiger partial charge in [0.05, 0.1) is 11.1 Å². The van der Waals surface area contributed by atoms with Crippen molar-refractivity contribution in [2.45, 2.75) is 13.0 Å². The van der Waals surface area contributed by atoms with E-state index in [4.69, 9.17) is 14.2 Å². The summed E-state index contributed by atoms with van der Waals surface area (Å²) in [6.07, 6.45) is 0.565. The van der Waals surface area contributed by atoms with Crippen molar-refractivity contribution in [1.82, 2.24) is 10.2 Å². The number of amides is 4. The number of carbonyl (C=O) groups excluding carboxylic acids is 3. The molecule has 4 rings (SSSR count). The molecule has 2 aromatic rings. The summed E-state index contributed by atoms with van der Waals surface area (Å²) >= 11 is 0. The molecule has 2 aromatic carbocycles. The van der Waals surface area contributed by atoms with Crippen LogP contribution in [0.2, 0.25) is 0 Å². The van der Waals surface area contributed by atoms with Crippen LogP contribution in [0.5, 0.6) is 11.5 Å². The second kappa shape index (κ2) is 8.42. The molecular formula is C21H21N3O6. The third-order valence-electron chi connectivity index (χ3n) is 4.85. The van der Waals surface area contributed by atoms with E-state index in [0.717, 1.165) is 5.56 Å². The second-order valence-corrected chi connectivity index (χ2v) is 6.86. The maximum absolute atomic E-state index is 12.6. The molecule has 0 radical (unpaired) electrons. The maximum atomic E-state index is 12.6. The van der Waals surface area contributed by atoms with Gasteiger partial charge in [-0.1, -0.05) is 6.07 Å². The molecular weight excluding hydrogens is 390 g/mol. The monoisotopic (exact) mass is 411 g/mol. The average molecular weight is 411 g/mol. The zero-order valence-electron chi connectivity index (χ0n) is 16.4. The van der Waals surface area contributed by atoms with E-state index >= 15 is 0 Å². The molecule has 0 bridgehead atoms. The summed E-state index contributed by atoms with van der Waals surface area (Å²) in [7, 11) is 1.57. The fraction of sp³-hybridized carbons (Fsp3) is 0.286. The summed E-state index contributed by atoms with van der Waals surface area (Å²) in [5.74, 6) is 0.629. The van der Waals surface area contributed by atoms with Gasteiger partial charge in [0.25, 0.3) is 11.8 Å². The Labute approximate surface area is 172 Å². The number of imide groups is 1. The van der Waals surface area contributed by atoms with Gasteiger partial charge in [-0.25, -0.2) is 4.79 Å². The van der Waals surface area contributed by atoms with Crippen LogP contribution in [0.4, 0.5) is 10.5 Å². The van der Waals surface area contributed by atoms with Crippen molar-refractivity contribution in [3.63, 3.8) is 0 Å². The fourth-order valence-corrected chi connectivity index (χ4v) is 3.35. The maximum Gasteiger partial charge on any atom is 0.319 e. The molecule has 2 aliphatic heterocycles. The Balaban J connectivity index is 1.36. The lowest BCUT2D eigenvalue weighted by Gasteiger charge is -2.12. The topological polar surface area (TPSA) is 106 Å². The molecule has 2 N–H and O–H groups in total. The van der Waals surface area contributed by atoms with Crippen LogP contribution in [-0.2, 0) is 11.3 Å². The molecule has 0 saturated heterocycles. The van der Waals surface area contributed by atoms with E-state index in [1.54, 1.807) is 31.4 Å². The minimum absolute atomic E-state index is 0.191. The molecule has 0 spiro atoms. The van der Waals surface area contributed by atoms with E-state index in [9.17, 15) is 14.4 Å². The summed E-state index contributed by atoms with van der Waals surface area (Å²) in [4.78, 5) is 38.4. The average Bonchev–Trinajstić information content (AvgIpc) is 3.30. The van der Waals surface area contributed by atoms with Crippen LogP contribution in [0.25, 0.3) is 0 Å². The number of ether oxygens (including phenoxy) is 3. The Hall–Kier alpha value is -3.59. The van der Waals surface area contributed by atoms with Gasteiger partial charge in [-0.15, -0.1) is 0 Å². The number of rotatable bonds is 7. The molecule has 2 aliphatic rings. The smallest absolute Gasteiger partial charge is 0.319 e. The van der Waals surface area contributed by atoms with Crippen LogP contribution in [0.3, 0.4) is 0 Å². The number of nitrogens with one attached hydrogen (secondary N) is 2. The van der Waals surface area contributed by atoms with Crippen molar-refractivity contribution in [2.75, 3.05) is 32.4 Å². The second-order valence-electron chi connectivity index (χ2n) is 6.86. The molecule has 30 heavy (non-hydrogen) atoms. The van der Waals surface area contributed by atoms with Gasteiger partial charge in [0.2, 0.25) is 6.79 Å². The van der Waals surface area contributed by atoms with Crippen LogP contribution in [0.15, 0.2) is 36.4 Å². The number of urea groups is 1. The number of hydrogen-bond acceptors (Lipinski definition) is 6. The van der Waals surface area contributed by atoms with E-state index in [0.29, 0.717) is 42.3 Å². The van der Waals surface area contributed by atoms with Gasteiger partial charge in [-0.2, -0.15) is 0 Å². The summed E-state index contributed by atoms with van der Waals surface area (Å²) < 4.78 is 15.6. The molecule has 156 valence electrons. The Morgan fingerprint density at radius 3 is 2.70 bits per heavy atom. The van der Waals surface area contributed by atoms with Gasteiger partial charge in [0, 0.05) is 32.5 Å². The lowest BCUT2D eigenvalue weighted by Crippen LogP contribution is -2.31. The Bertz CT molecular complexity index is 1010. The number of methoxy groups -OCH3 is 1. The highest BCUT2D eigenvalue weighted by atomic mass is 16.7. The van der Waals surface area contributed by atoms with E-state index < -0.39 is 6.03 Å². The summed E-state index contributed by atoms with van der Waals surface area (Å²) in [6.45, 7) is 1.23. The SMILES string of the molecule is COCCCN1C(=O)c2ccc(NC(=O)NCc3ccc4c(c3)OCO4)cc2C1=O. The molecule has 0 fully saturated rings. The first kappa shape index (κ1) is 19.7. The zero-order valence-corrected chi connectivity index (χ0v) is 16.4. The highest BCUT2D eigenvalue weighted by Gasteiger charge is 2.35. The number of hydrogen-bond donors (Lipinski definition) is 2. The largest absolute Gasteiger partial charge is 0.454 e. The number of carbonyl (C=O) groups is 3. The Morgan fingerprint density at radius 2 is 1.87 bits per heavy atom. The van der Waals surface area contributed by atoms with Gasteiger partial charge in [0.15, 0.2) is 11.5 Å². The van der Waals surface area contributed by atoms with Gasteiger partial charge in [-0.3, -0.25) is 14.5 Å². The zero-order chi connectivity index (χ0) is 21.1. The normalized spacial score (nSPS) is 14.1. The van der Waals surface area contributed by atoms with Gasteiger partial charge >= 0.3 is 6.03 Å². The molecule has 4 amide bonds. The highest BCUT2D eigenvalue weighted by Crippen LogP contribution is 2.32. The molecule has 0 unspecified atom stereocenters. The Kier molecular flexibility index (Phi) is 5.53. The van der Waals surface area contributed by atoms with Crippen LogP contribution >= 0.6 is 0 Å². The Morgan fingerprint density at radius 1 is 1.07 bits per heavy atom. The van der Waals surface area contributed by atoms with Crippen LogP contribution in [-0.4, -0.2) is 49.8 Å². The van der Waals surface area contributed by atoms with Crippen molar-refractivity contribution >= 4 is 23.5 Å². The summed E-state index contributed by atoms with van der Waals surface area (Å²) in [5, 5.41) is 5.44. The molecule has 0 aliphatic carbocycles. The van der Waals surface area contributed by atoms with Gasteiger partial charge in [-0.05, 0) is 42.3 Å². The number of fused-ring (bicyclic) bond motifs is 2. The lowest BCUT2D eigenvalue weighted by atomic mass is 10.1. The van der Waals surface area contributed by atoms with Gasteiger partial charge in [0.1, 0.15) is 0 Å². The van der Waals surface area contributed by atoms with E-state index in [2.05, 4.69) is 10.6 Å². The third kappa shape index (κ3) is 3.92. The standard InChI is InChI=1S/C21H21N3O6/c1-28-8-2-7-24-19(25)15-5-4-14(10-16(15)20(24)26)23-21(27)22-11-13-3-6-17-18(9-13)30-12-29-17/h3-6,9-10H,2,7-8,11-12H2,1H3,(H2,22,23,27). The molecule has 2 heterocycles. The predicted molar refractivity (Wildman–Crippen MR) is 107 cm³/mol. The molecule has 0 aromatic heterocycles. The summed E-state index contributed by atoms with van der Waals surface area (Å²) in [6, 6.07) is 9.68. The molecule has 9 nitrogen and oxygen atoms in total. The lowest BCUT2D eigenvalue weighted by molar-refractivity contribution is 0.0638. The van der Waals surface area contributed by atoms with Crippen molar-refractivity contribution in [1.29, 1.82) is 0 Å². The third-order valence-corrected chi connectivity index (χ3v) is 4.85.